The largest absolute Gasteiger partial charge is 0.384 e. The smallest absolute Gasteiger partial charge is 0.219 e. The number of hydrogen-bond acceptors (Lipinski definition) is 8. The first kappa shape index (κ1) is 31.8. The summed E-state index contributed by atoms with van der Waals surface area (Å²) in [5.41, 5.74) is 3.27. The lowest BCUT2D eigenvalue weighted by Gasteiger charge is -2.12. The Hall–Kier alpha value is -2.75. The third-order valence-electron chi connectivity index (χ3n) is 6.11. The highest BCUT2D eigenvalue weighted by Gasteiger charge is 2.13. The summed E-state index contributed by atoms with van der Waals surface area (Å²) in [5, 5.41) is 12.0. The van der Waals surface area contributed by atoms with Crippen molar-refractivity contribution in [3.63, 3.8) is 0 Å². The molecule has 0 saturated heterocycles. The Morgan fingerprint density at radius 2 is 1.25 bits per heavy atom. The van der Waals surface area contributed by atoms with Crippen LogP contribution >= 0.6 is 23.5 Å². The van der Waals surface area contributed by atoms with Gasteiger partial charge >= 0.3 is 0 Å². The molecular weight excluding hydrogens is 544 g/mol. The van der Waals surface area contributed by atoms with Crippen LogP contribution in [-0.4, -0.2) is 59.1 Å². The van der Waals surface area contributed by atoms with Crippen molar-refractivity contribution >= 4 is 50.3 Å². The molecule has 0 aromatic heterocycles. The molecule has 0 aliphatic carbocycles. The third kappa shape index (κ3) is 9.42. The predicted molar refractivity (Wildman–Crippen MR) is 165 cm³/mol. The second-order valence-electron chi connectivity index (χ2n) is 9.66. The quantitative estimate of drug-likeness (QED) is 0.120. The van der Waals surface area contributed by atoms with Gasteiger partial charge in [0.1, 0.15) is 0 Å². The Morgan fingerprint density at radius 1 is 0.750 bits per heavy atom. The van der Waals surface area contributed by atoms with Crippen LogP contribution in [0.4, 0.5) is 0 Å². The number of aliphatic hydroxyl groups excluding tert-OH is 1. The van der Waals surface area contributed by atoms with Crippen LogP contribution in [-0.2, 0) is 9.47 Å². The lowest BCUT2D eigenvalue weighted by Crippen LogP contribution is -2.10. The Balaban J connectivity index is 1.27. The van der Waals surface area contributed by atoms with Gasteiger partial charge in [-0.1, -0.05) is 74.3 Å². The number of fused-ring (bicyclic) bond motifs is 1. The van der Waals surface area contributed by atoms with Crippen LogP contribution in [0, 0.1) is 5.92 Å². The summed E-state index contributed by atoms with van der Waals surface area (Å²) in [4.78, 5) is 36.9. The number of carbonyl (C=O) groups is 3. The number of ether oxygens (including phenoxy) is 2. The Morgan fingerprint density at radius 3 is 1.82 bits per heavy atom. The van der Waals surface area contributed by atoms with E-state index in [4.69, 9.17) is 9.47 Å². The van der Waals surface area contributed by atoms with Crippen LogP contribution in [0.5, 0.6) is 0 Å². The summed E-state index contributed by atoms with van der Waals surface area (Å²) in [7, 11) is 0. The summed E-state index contributed by atoms with van der Waals surface area (Å²) < 4.78 is 11.1. The number of aliphatic hydroxyl groups is 1. The van der Waals surface area contributed by atoms with Crippen molar-refractivity contribution in [2.75, 3.05) is 37.9 Å². The fraction of sp³-hybridized carbons (Fsp3) is 0.344. The van der Waals surface area contributed by atoms with E-state index in [9.17, 15) is 19.5 Å². The zero-order valence-electron chi connectivity index (χ0n) is 23.2. The van der Waals surface area contributed by atoms with Crippen LogP contribution < -0.4 is 0 Å². The highest BCUT2D eigenvalue weighted by Crippen LogP contribution is 2.26. The maximum absolute atomic E-state index is 12.6. The number of hydrogen-bond donors (Lipinski definition) is 1. The van der Waals surface area contributed by atoms with Gasteiger partial charge in [-0.15, -0.1) is 0 Å². The normalized spacial score (nSPS) is 12.0. The molecule has 1 unspecified atom stereocenters. The summed E-state index contributed by atoms with van der Waals surface area (Å²) in [6.45, 7) is 11.0. The number of thioether (sulfide) groups is 2. The first-order chi connectivity index (χ1) is 19.2. The molecule has 3 aromatic carbocycles. The van der Waals surface area contributed by atoms with Crippen molar-refractivity contribution in [2.24, 2.45) is 5.92 Å². The van der Waals surface area contributed by atoms with E-state index in [1.165, 1.54) is 23.5 Å². The van der Waals surface area contributed by atoms with Gasteiger partial charge in [-0.3, -0.25) is 14.4 Å². The lowest BCUT2D eigenvalue weighted by molar-refractivity contribution is 0.0604. The molecular formula is C32H36O6S2. The molecule has 0 fully saturated rings. The minimum Gasteiger partial charge on any atom is -0.384 e. The summed E-state index contributed by atoms with van der Waals surface area (Å²) in [5.74, 6) is 1.05. The molecule has 0 radical (unpaired) electrons. The molecule has 6 nitrogen and oxygen atoms in total. The van der Waals surface area contributed by atoms with Gasteiger partial charge in [-0.25, -0.2) is 0 Å². The topological polar surface area (TPSA) is 89.9 Å². The molecule has 3 rings (SSSR count). The van der Waals surface area contributed by atoms with Gasteiger partial charge in [0, 0.05) is 34.1 Å². The monoisotopic (exact) mass is 580 g/mol. The molecule has 0 aliphatic rings. The molecule has 0 aliphatic heterocycles. The molecule has 8 heteroatoms. The molecule has 3 aromatic rings. The average molecular weight is 581 g/mol. The molecule has 212 valence electrons. The number of ketones is 1. The van der Waals surface area contributed by atoms with E-state index in [0.717, 1.165) is 16.3 Å². The molecule has 1 N–H and O–H groups in total. The molecule has 1 atom stereocenters. The van der Waals surface area contributed by atoms with E-state index in [2.05, 4.69) is 6.58 Å². The Bertz CT molecular complexity index is 1330. The fourth-order valence-corrected chi connectivity index (χ4v) is 5.19. The number of benzene rings is 3. The summed E-state index contributed by atoms with van der Waals surface area (Å²) in [6, 6.07) is 18.0. The van der Waals surface area contributed by atoms with E-state index in [-0.39, 0.29) is 21.9 Å². The first-order valence-electron chi connectivity index (χ1n) is 13.2. The van der Waals surface area contributed by atoms with E-state index in [1.807, 2.05) is 44.2 Å². The second-order valence-corrected chi connectivity index (χ2v) is 11.8. The van der Waals surface area contributed by atoms with Crippen molar-refractivity contribution in [2.45, 2.75) is 26.9 Å². The highest BCUT2D eigenvalue weighted by molar-refractivity contribution is 8.14. The highest BCUT2D eigenvalue weighted by atomic mass is 32.2. The fourth-order valence-electron chi connectivity index (χ4n) is 3.82. The Kier molecular flexibility index (Phi) is 12.6. The summed E-state index contributed by atoms with van der Waals surface area (Å²) in [6.07, 6.45) is -0.701. The molecule has 0 amide bonds. The number of carbonyl (C=O) groups excluding carboxylic acids is 3. The standard InChI is InChI=1S/C32H36O6S2/c1-21(2)29(33)23-5-7-24(8-6-23)31(35)39-17-15-37-13-14-38-16-18-40-32(36)28-12-10-25-19-27(30(34)22(3)4)11-9-26(25)20-28/h5-12,19-21,30,34H,3,13-18H2,1-2,4H3. The van der Waals surface area contributed by atoms with Gasteiger partial charge in [0.15, 0.2) is 5.78 Å². The van der Waals surface area contributed by atoms with Gasteiger partial charge in [-0.2, -0.15) is 0 Å². The molecule has 0 spiro atoms. The van der Waals surface area contributed by atoms with E-state index < -0.39 is 6.10 Å². The van der Waals surface area contributed by atoms with Crippen LogP contribution in [0.3, 0.4) is 0 Å². The Labute approximate surface area is 244 Å². The summed E-state index contributed by atoms with van der Waals surface area (Å²) >= 11 is 2.39. The van der Waals surface area contributed by atoms with Gasteiger partial charge in [0.05, 0.1) is 32.5 Å². The van der Waals surface area contributed by atoms with E-state index in [1.54, 1.807) is 37.3 Å². The van der Waals surface area contributed by atoms with Gasteiger partial charge in [0.2, 0.25) is 10.2 Å². The second kappa shape index (κ2) is 15.9. The van der Waals surface area contributed by atoms with Crippen molar-refractivity contribution < 1.29 is 29.0 Å². The van der Waals surface area contributed by atoms with Crippen molar-refractivity contribution in [1.29, 1.82) is 0 Å². The van der Waals surface area contributed by atoms with Crippen LogP contribution in [0.15, 0.2) is 72.8 Å². The minimum atomic E-state index is -0.701. The average Bonchev–Trinajstić information content (AvgIpc) is 2.96. The maximum Gasteiger partial charge on any atom is 0.219 e. The predicted octanol–water partition coefficient (Wildman–Crippen LogP) is 6.77. The van der Waals surface area contributed by atoms with Crippen molar-refractivity contribution in [3.05, 3.63) is 95.1 Å². The van der Waals surface area contributed by atoms with Gasteiger partial charge < -0.3 is 14.6 Å². The van der Waals surface area contributed by atoms with Crippen molar-refractivity contribution in [1.82, 2.24) is 0 Å². The van der Waals surface area contributed by atoms with Gasteiger partial charge in [0.25, 0.3) is 0 Å². The maximum atomic E-state index is 12.6. The van der Waals surface area contributed by atoms with Crippen LogP contribution in [0.1, 0.15) is 63.5 Å². The SMILES string of the molecule is C=C(C)C(O)c1ccc2cc(C(=O)SCCOCCOCCSC(=O)c3ccc(C(=O)C(C)C)cc3)ccc2c1. The molecule has 40 heavy (non-hydrogen) atoms. The van der Waals surface area contributed by atoms with E-state index >= 15 is 0 Å². The molecule has 0 bridgehead atoms. The van der Waals surface area contributed by atoms with E-state index in [0.29, 0.717) is 60.2 Å². The number of Topliss-reactive ketones (excluding diaryl/α,β-unsaturated/α-hetero) is 1. The first-order valence-corrected chi connectivity index (χ1v) is 15.2. The minimum absolute atomic E-state index is 0.0179. The van der Waals surface area contributed by atoms with Crippen molar-refractivity contribution in [3.8, 4) is 0 Å². The zero-order valence-corrected chi connectivity index (χ0v) is 24.8. The lowest BCUT2D eigenvalue weighted by atomic mass is 9.99. The van der Waals surface area contributed by atoms with Crippen LogP contribution in [0.25, 0.3) is 10.8 Å². The van der Waals surface area contributed by atoms with Crippen LogP contribution in [0.2, 0.25) is 0 Å². The molecule has 0 saturated carbocycles. The van der Waals surface area contributed by atoms with Gasteiger partial charge in [-0.05, 0) is 59.2 Å². The number of rotatable bonds is 15. The zero-order chi connectivity index (χ0) is 29.1. The molecule has 0 heterocycles. The third-order valence-corrected chi connectivity index (χ3v) is 7.84.